The third-order valence-corrected chi connectivity index (χ3v) is 5.47. The zero-order valence-corrected chi connectivity index (χ0v) is 16.5. The quantitative estimate of drug-likeness (QED) is 0.427. The second-order valence-electron chi connectivity index (χ2n) is 7.14. The molecule has 0 spiro atoms. The van der Waals surface area contributed by atoms with Gasteiger partial charge in [-0.1, -0.05) is 54.1 Å². The van der Waals surface area contributed by atoms with Gasteiger partial charge in [-0.05, 0) is 53.1 Å². The fraction of sp³-hybridized carbons (Fsp3) is 0.0400. The molecule has 1 aliphatic carbocycles. The van der Waals surface area contributed by atoms with E-state index in [1.807, 2.05) is 66.8 Å². The van der Waals surface area contributed by atoms with Crippen LogP contribution in [0.25, 0.3) is 35.2 Å². The average Bonchev–Trinajstić information content (AvgIpc) is 2.90. The van der Waals surface area contributed by atoms with E-state index in [-0.39, 0.29) is 5.02 Å². The Balaban J connectivity index is 1.49. The van der Waals surface area contributed by atoms with Crippen LogP contribution in [-0.2, 0) is 0 Å². The van der Waals surface area contributed by atoms with Crippen molar-refractivity contribution in [3.05, 3.63) is 105 Å². The molecule has 1 atom stereocenters. The van der Waals surface area contributed by atoms with Crippen LogP contribution in [0.4, 0.5) is 4.39 Å². The minimum atomic E-state index is -0.747. The molecule has 146 valence electrons. The first-order chi connectivity index (χ1) is 14.6. The highest BCUT2D eigenvalue weighted by Gasteiger charge is 2.19. The number of aliphatic hydroxyl groups is 1. The van der Waals surface area contributed by atoms with Crippen LogP contribution in [0, 0.1) is 5.82 Å². The summed E-state index contributed by atoms with van der Waals surface area (Å²) in [5, 5.41) is 11.6. The molecule has 30 heavy (non-hydrogen) atoms. The minimum Gasteiger partial charge on any atom is -0.384 e. The Bertz CT molecular complexity index is 1350. The molecule has 3 nitrogen and oxygen atoms in total. The summed E-state index contributed by atoms with van der Waals surface area (Å²) < 4.78 is 13.6. The Labute approximate surface area is 177 Å². The van der Waals surface area contributed by atoms with Gasteiger partial charge in [0.15, 0.2) is 0 Å². The maximum absolute atomic E-state index is 13.6. The topological polar surface area (TPSA) is 46.0 Å². The largest absolute Gasteiger partial charge is 0.384 e. The molecular formula is C25H16ClFN2O. The summed E-state index contributed by atoms with van der Waals surface area (Å²) in [6.45, 7) is 0. The number of nitrogens with zero attached hydrogens (tertiary/aromatic N) is 2. The van der Waals surface area contributed by atoms with E-state index in [9.17, 15) is 9.50 Å². The highest BCUT2D eigenvalue weighted by Crippen LogP contribution is 2.32. The van der Waals surface area contributed by atoms with Crippen molar-refractivity contribution in [2.75, 3.05) is 0 Å². The van der Waals surface area contributed by atoms with Crippen LogP contribution in [-0.4, -0.2) is 15.1 Å². The van der Waals surface area contributed by atoms with E-state index in [1.165, 1.54) is 12.1 Å². The number of hydrogen-bond donors (Lipinski definition) is 1. The van der Waals surface area contributed by atoms with Crippen LogP contribution in [0.5, 0.6) is 0 Å². The molecule has 0 radical (unpaired) electrons. The van der Waals surface area contributed by atoms with Crippen LogP contribution in [0.3, 0.4) is 0 Å². The molecule has 1 unspecified atom stereocenters. The number of hydrogen-bond acceptors (Lipinski definition) is 3. The lowest BCUT2D eigenvalue weighted by Gasteiger charge is -2.14. The number of fused-ring (bicyclic) bond motifs is 3. The van der Waals surface area contributed by atoms with E-state index in [1.54, 1.807) is 6.20 Å². The van der Waals surface area contributed by atoms with Gasteiger partial charge in [0.1, 0.15) is 11.9 Å². The predicted octanol–water partition coefficient (Wildman–Crippen LogP) is 6.16. The van der Waals surface area contributed by atoms with Gasteiger partial charge in [-0.15, -0.1) is 0 Å². The molecule has 1 aliphatic rings. The van der Waals surface area contributed by atoms with Gasteiger partial charge >= 0.3 is 0 Å². The van der Waals surface area contributed by atoms with E-state index in [4.69, 9.17) is 11.6 Å². The van der Waals surface area contributed by atoms with E-state index in [2.05, 4.69) is 9.97 Å². The number of pyridine rings is 2. The highest BCUT2D eigenvalue weighted by atomic mass is 35.5. The Morgan fingerprint density at radius 2 is 1.83 bits per heavy atom. The second-order valence-corrected chi connectivity index (χ2v) is 7.54. The Hall–Kier alpha value is -3.34. The lowest BCUT2D eigenvalue weighted by atomic mass is 9.97. The number of rotatable bonds is 2. The number of benzene rings is 2. The Morgan fingerprint density at radius 1 is 0.967 bits per heavy atom. The number of aliphatic hydroxyl groups excluding tert-OH is 1. The van der Waals surface area contributed by atoms with E-state index in [0.717, 1.165) is 27.9 Å². The summed E-state index contributed by atoms with van der Waals surface area (Å²) in [5.74, 6) is -0.459. The molecule has 5 heteroatoms. The van der Waals surface area contributed by atoms with Crippen LogP contribution in [0.1, 0.15) is 39.7 Å². The summed E-state index contributed by atoms with van der Waals surface area (Å²) in [7, 11) is 0. The molecule has 0 fully saturated rings. The van der Waals surface area contributed by atoms with Gasteiger partial charge in [-0.25, -0.2) is 9.37 Å². The number of aromatic nitrogens is 2. The fourth-order valence-corrected chi connectivity index (χ4v) is 3.77. The molecule has 0 aliphatic heterocycles. The maximum Gasteiger partial charge on any atom is 0.142 e. The van der Waals surface area contributed by atoms with Crippen molar-refractivity contribution in [2.45, 2.75) is 6.10 Å². The third-order valence-electron chi connectivity index (χ3n) is 5.18. The number of halogens is 2. The van der Waals surface area contributed by atoms with Crippen LogP contribution in [0.15, 0.2) is 60.8 Å². The van der Waals surface area contributed by atoms with Crippen molar-refractivity contribution in [1.29, 1.82) is 0 Å². The first-order valence-electron chi connectivity index (χ1n) is 9.47. The summed E-state index contributed by atoms with van der Waals surface area (Å²) in [6, 6.07) is 16.2. The van der Waals surface area contributed by atoms with Crippen LogP contribution < -0.4 is 0 Å². The lowest BCUT2D eigenvalue weighted by molar-refractivity contribution is 0.219. The van der Waals surface area contributed by atoms with Crippen LogP contribution >= 0.6 is 11.6 Å². The van der Waals surface area contributed by atoms with Gasteiger partial charge in [-0.3, -0.25) is 4.98 Å². The predicted molar refractivity (Wildman–Crippen MR) is 119 cm³/mol. The summed E-state index contributed by atoms with van der Waals surface area (Å²) in [5.41, 5.74) is 5.53. The Morgan fingerprint density at radius 3 is 2.73 bits per heavy atom. The van der Waals surface area contributed by atoms with Gasteiger partial charge in [-0.2, -0.15) is 0 Å². The van der Waals surface area contributed by atoms with Crippen LogP contribution in [0.2, 0.25) is 5.02 Å². The first-order valence-corrected chi connectivity index (χ1v) is 9.85. The molecule has 0 bridgehead atoms. The van der Waals surface area contributed by atoms with Crippen molar-refractivity contribution in [3.63, 3.8) is 0 Å². The van der Waals surface area contributed by atoms with E-state index < -0.39 is 11.9 Å². The van der Waals surface area contributed by atoms with Gasteiger partial charge < -0.3 is 5.11 Å². The fourth-order valence-electron chi connectivity index (χ4n) is 3.61. The molecule has 1 N–H and O–H groups in total. The van der Waals surface area contributed by atoms with Crippen molar-refractivity contribution >= 4 is 46.8 Å². The standard InChI is InChI=1S/C25H16ClFN2O/c26-21-13-24-17(12-22(21)27)6-9-18(29-24)8-5-15-11-20-23(28-14-15)10-7-16-3-1-2-4-19(16)25(20)30/h1-14,25,30H/b8-5+. The third kappa shape index (κ3) is 3.41. The SMILES string of the molecule is OC1c2ccccc2C=Cc2ncc(/C=C/c3ccc4cc(F)c(Cl)cc4n3)cc21. The van der Waals surface area contributed by atoms with Crippen molar-refractivity contribution in [2.24, 2.45) is 0 Å². The van der Waals surface area contributed by atoms with Crippen molar-refractivity contribution in [3.8, 4) is 0 Å². The molecule has 0 saturated carbocycles. The lowest BCUT2D eigenvalue weighted by Crippen LogP contribution is -2.04. The van der Waals surface area contributed by atoms with Crippen molar-refractivity contribution in [1.82, 2.24) is 9.97 Å². The normalized spacial score (nSPS) is 15.2. The minimum absolute atomic E-state index is 0.0494. The summed E-state index contributed by atoms with van der Waals surface area (Å²) >= 11 is 5.87. The van der Waals surface area contributed by atoms with Gasteiger partial charge in [0.25, 0.3) is 0 Å². The summed E-state index contributed by atoms with van der Waals surface area (Å²) in [4.78, 5) is 9.04. The average molecular weight is 415 g/mol. The molecule has 5 rings (SSSR count). The van der Waals surface area contributed by atoms with Gasteiger partial charge in [0.2, 0.25) is 0 Å². The molecule has 2 aromatic carbocycles. The second kappa shape index (κ2) is 7.48. The molecule has 0 saturated heterocycles. The van der Waals surface area contributed by atoms with Crippen molar-refractivity contribution < 1.29 is 9.50 Å². The maximum atomic E-state index is 13.6. The monoisotopic (exact) mass is 414 g/mol. The summed E-state index contributed by atoms with van der Waals surface area (Å²) in [6.07, 6.45) is 8.65. The molecule has 2 heterocycles. The molecule has 0 amide bonds. The smallest absolute Gasteiger partial charge is 0.142 e. The zero-order valence-electron chi connectivity index (χ0n) is 15.8. The van der Waals surface area contributed by atoms with E-state index in [0.29, 0.717) is 16.6 Å². The molecular weight excluding hydrogens is 399 g/mol. The van der Waals surface area contributed by atoms with Gasteiger partial charge in [0, 0.05) is 17.1 Å². The molecule has 2 aromatic heterocycles. The van der Waals surface area contributed by atoms with Gasteiger partial charge in [0.05, 0.1) is 21.9 Å². The zero-order chi connectivity index (χ0) is 20.7. The molecule has 4 aromatic rings. The van der Waals surface area contributed by atoms with E-state index >= 15 is 0 Å². The highest BCUT2D eigenvalue weighted by molar-refractivity contribution is 6.31. The first kappa shape index (κ1) is 18.7. The Kier molecular flexibility index (Phi) is 4.66.